The number of fused-ring (bicyclic) bond motifs is 1. The van der Waals surface area contributed by atoms with Crippen molar-refractivity contribution in [1.82, 2.24) is 9.97 Å². The molecule has 0 saturated heterocycles. The van der Waals surface area contributed by atoms with Gasteiger partial charge in [0.2, 0.25) is 5.95 Å². The number of carbonyl (C=O) groups excluding carboxylic acids is 1. The molecule has 1 aromatic carbocycles. The summed E-state index contributed by atoms with van der Waals surface area (Å²) >= 11 is 0. The molecule has 2 aromatic rings. The van der Waals surface area contributed by atoms with Gasteiger partial charge >= 0.3 is 0 Å². The van der Waals surface area contributed by atoms with E-state index in [-0.39, 0.29) is 29.1 Å². The third-order valence-electron chi connectivity index (χ3n) is 4.23. The van der Waals surface area contributed by atoms with Crippen LogP contribution in [-0.4, -0.2) is 26.4 Å². The summed E-state index contributed by atoms with van der Waals surface area (Å²) in [6.45, 7) is 3.17. The lowest BCUT2D eigenvalue weighted by atomic mass is 9.75. The molecule has 4 N–H and O–H groups in total. The molecule has 128 valence electrons. The van der Waals surface area contributed by atoms with E-state index < -0.39 is 16.8 Å². The number of hydrogen-bond acceptors (Lipinski definition) is 8. The standard InChI is InChI=1S/C16H16N6O3/c1-7-11(8(2)23)12(9-4-3-5-10(6-9)22(24)25)13-14(17)20-16(18)21-15(13)19-7/h3-6,11-12H,1-2H3,(H4,17,18,20,21). The lowest BCUT2D eigenvalue weighted by Gasteiger charge is -2.31. The number of benzene rings is 1. The van der Waals surface area contributed by atoms with E-state index in [1.165, 1.54) is 19.1 Å². The zero-order valence-corrected chi connectivity index (χ0v) is 13.6. The molecule has 1 aliphatic heterocycles. The third-order valence-corrected chi connectivity index (χ3v) is 4.23. The number of nitrogens with zero attached hydrogens (tertiary/aromatic N) is 4. The first kappa shape index (κ1) is 16.5. The number of carbonyl (C=O) groups is 1. The molecule has 1 aliphatic rings. The maximum absolute atomic E-state index is 12.3. The second kappa shape index (κ2) is 5.93. The number of rotatable bonds is 3. The molecular weight excluding hydrogens is 324 g/mol. The summed E-state index contributed by atoms with van der Waals surface area (Å²) in [6.07, 6.45) is 0. The largest absolute Gasteiger partial charge is 0.383 e. The van der Waals surface area contributed by atoms with E-state index in [0.29, 0.717) is 16.8 Å². The Labute approximate surface area is 143 Å². The molecule has 25 heavy (non-hydrogen) atoms. The maximum Gasteiger partial charge on any atom is 0.269 e. The van der Waals surface area contributed by atoms with Gasteiger partial charge in [-0.05, 0) is 19.4 Å². The second-order valence-corrected chi connectivity index (χ2v) is 5.88. The van der Waals surface area contributed by atoms with Crippen molar-refractivity contribution in [2.24, 2.45) is 10.9 Å². The summed E-state index contributed by atoms with van der Waals surface area (Å²) in [5.41, 5.74) is 13.2. The average molecular weight is 340 g/mol. The van der Waals surface area contributed by atoms with Crippen LogP contribution in [0, 0.1) is 16.0 Å². The van der Waals surface area contributed by atoms with E-state index in [9.17, 15) is 14.9 Å². The number of nitro groups is 1. The zero-order chi connectivity index (χ0) is 18.3. The number of nitrogen functional groups attached to an aromatic ring is 2. The second-order valence-electron chi connectivity index (χ2n) is 5.88. The average Bonchev–Trinajstić information content (AvgIpc) is 2.52. The minimum absolute atomic E-state index is 0.0214. The van der Waals surface area contributed by atoms with Gasteiger partial charge in [-0.1, -0.05) is 12.1 Å². The number of hydrogen-bond donors (Lipinski definition) is 2. The van der Waals surface area contributed by atoms with Gasteiger partial charge in [-0.25, -0.2) is 4.99 Å². The zero-order valence-electron chi connectivity index (χ0n) is 13.6. The molecule has 0 amide bonds. The maximum atomic E-state index is 12.3. The van der Waals surface area contributed by atoms with Crippen LogP contribution < -0.4 is 11.5 Å². The van der Waals surface area contributed by atoms with Crippen LogP contribution in [-0.2, 0) is 4.79 Å². The highest BCUT2D eigenvalue weighted by molar-refractivity contribution is 6.07. The van der Waals surface area contributed by atoms with Crippen LogP contribution in [0.2, 0.25) is 0 Å². The highest BCUT2D eigenvalue weighted by Gasteiger charge is 2.38. The molecule has 9 heteroatoms. The first-order valence-corrected chi connectivity index (χ1v) is 7.52. The topological polar surface area (TPSA) is 150 Å². The Balaban J connectivity index is 2.29. The first-order valence-electron chi connectivity index (χ1n) is 7.52. The Morgan fingerprint density at radius 2 is 2.00 bits per heavy atom. The van der Waals surface area contributed by atoms with Crippen molar-refractivity contribution >= 4 is 34.8 Å². The van der Waals surface area contributed by atoms with Crippen molar-refractivity contribution in [3.8, 4) is 0 Å². The van der Waals surface area contributed by atoms with Crippen LogP contribution in [0.25, 0.3) is 0 Å². The Kier molecular flexibility index (Phi) is 3.91. The van der Waals surface area contributed by atoms with Crippen LogP contribution in [0.1, 0.15) is 30.9 Å². The Bertz CT molecular complexity index is 924. The summed E-state index contributed by atoms with van der Waals surface area (Å²) in [4.78, 5) is 35.3. The minimum atomic E-state index is -0.607. The first-order chi connectivity index (χ1) is 11.8. The lowest BCUT2D eigenvalue weighted by molar-refractivity contribution is -0.384. The highest BCUT2D eigenvalue weighted by atomic mass is 16.6. The number of nitrogens with two attached hydrogens (primary N) is 2. The van der Waals surface area contributed by atoms with E-state index in [2.05, 4.69) is 15.0 Å². The van der Waals surface area contributed by atoms with Crippen molar-refractivity contribution < 1.29 is 9.72 Å². The van der Waals surface area contributed by atoms with Gasteiger partial charge in [-0.3, -0.25) is 14.9 Å². The van der Waals surface area contributed by atoms with Crippen molar-refractivity contribution in [1.29, 1.82) is 0 Å². The molecule has 0 aliphatic carbocycles. The van der Waals surface area contributed by atoms with Crippen molar-refractivity contribution in [3.05, 3.63) is 45.5 Å². The molecule has 2 unspecified atom stereocenters. The predicted molar refractivity (Wildman–Crippen MR) is 92.7 cm³/mol. The minimum Gasteiger partial charge on any atom is -0.383 e. The summed E-state index contributed by atoms with van der Waals surface area (Å²) < 4.78 is 0. The molecule has 0 spiro atoms. The van der Waals surface area contributed by atoms with E-state index in [4.69, 9.17) is 11.5 Å². The van der Waals surface area contributed by atoms with Gasteiger partial charge in [0.05, 0.1) is 10.8 Å². The SMILES string of the molecule is CC(=O)C1C(C)=Nc2nc(N)nc(N)c2C1c1cccc([N+](=O)[O-])c1. The number of ketones is 1. The van der Waals surface area contributed by atoms with Crippen LogP contribution in [0.5, 0.6) is 0 Å². The summed E-state index contributed by atoms with van der Waals surface area (Å²) in [5.74, 6) is -0.918. The van der Waals surface area contributed by atoms with Crippen LogP contribution in [0.3, 0.4) is 0 Å². The highest BCUT2D eigenvalue weighted by Crippen LogP contribution is 2.44. The van der Waals surface area contributed by atoms with E-state index in [1.807, 2.05) is 0 Å². The van der Waals surface area contributed by atoms with Gasteiger partial charge in [0.1, 0.15) is 11.6 Å². The molecule has 1 aromatic heterocycles. The smallest absolute Gasteiger partial charge is 0.269 e. The molecular formula is C16H16N6O3. The fourth-order valence-electron chi connectivity index (χ4n) is 3.24. The Morgan fingerprint density at radius 3 is 2.64 bits per heavy atom. The van der Waals surface area contributed by atoms with Gasteiger partial charge in [-0.2, -0.15) is 9.97 Å². The molecule has 0 radical (unpaired) electrons. The van der Waals surface area contributed by atoms with Crippen LogP contribution >= 0.6 is 0 Å². The summed E-state index contributed by atoms with van der Waals surface area (Å²) in [6, 6.07) is 6.10. The predicted octanol–water partition coefficient (Wildman–Crippen LogP) is 1.99. The number of nitro benzene ring substituents is 1. The third kappa shape index (κ3) is 2.80. The number of aliphatic imine (C=N–C) groups is 1. The Hall–Kier alpha value is -3.36. The lowest BCUT2D eigenvalue weighted by Crippen LogP contribution is -2.31. The quantitative estimate of drug-likeness (QED) is 0.640. The van der Waals surface area contributed by atoms with Gasteiger partial charge in [0.15, 0.2) is 5.82 Å². The van der Waals surface area contributed by atoms with E-state index in [0.717, 1.165) is 0 Å². The normalized spacial score (nSPS) is 19.0. The molecule has 0 saturated carbocycles. The van der Waals surface area contributed by atoms with Gasteiger partial charge in [0.25, 0.3) is 5.69 Å². The summed E-state index contributed by atoms with van der Waals surface area (Å²) in [7, 11) is 0. The van der Waals surface area contributed by atoms with Crippen molar-refractivity contribution in [2.75, 3.05) is 11.5 Å². The van der Waals surface area contributed by atoms with Crippen molar-refractivity contribution in [3.63, 3.8) is 0 Å². The van der Waals surface area contributed by atoms with Gasteiger partial charge in [0, 0.05) is 29.3 Å². The monoisotopic (exact) mass is 340 g/mol. The van der Waals surface area contributed by atoms with E-state index in [1.54, 1.807) is 19.1 Å². The molecule has 2 heterocycles. The van der Waals surface area contributed by atoms with Gasteiger partial charge < -0.3 is 11.5 Å². The number of Topliss-reactive ketones (excluding diaryl/α,β-unsaturated/α-hetero) is 1. The Morgan fingerprint density at radius 1 is 1.28 bits per heavy atom. The fourth-order valence-corrected chi connectivity index (χ4v) is 3.24. The number of non-ortho nitro benzene ring substituents is 1. The van der Waals surface area contributed by atoms with Crippen LogP contribution in [0.4, 0.5) is 23.3 Å². The molecule has 0 fully saturated rings. The summed E-state index contributed by atoms with van der Waals surface area (Å²) in [5, 5.41) is 11.1. The molecule has 3 rings (SSSR count). The van der Waals surface area contributed by atoms with Crippen molar-refractivity contribution in [2.45, 2.75) is 19.8 Å². The van der Waals surface area contributed by atoms with Gasteiger partial charge in [-0.15, -0.1) is 0 Å². The molecule has 0 bridgehead atoms. The van der Waals surface area contributed by atoms with E-state index >= 15 is 0 Å². The van der Waals surface area contributed by atoms with Crippen LogP contribution in [0.15, 0.2) is 29.3 Å². The number of aromatic nitrogens is 2. The fraction of sp³-hybridized carbons (Fsp3) is 0.250. The number of anilines is 2. The molecule has 9 nitrogen and oxygen atoms in total. The molecule has 2 atom stereocenters.